The number of carbonyl (C=O) groups is 1. The largest absolute Gasteiger partial charge is 0.339 e. The van der Waals surface area contributed by atoms with Crippen molar-refractivity contribution in [3.63, 3.8) is 0 Å². The highest BCUT2D eigenvalue weighted by atomic mass is 32.2. The number of carbonyl (C=O) groups excluding carboxylic acids is 1. The molecule has 1 saturated heterocycles. The fourth-order valence-corrected chi connectivity index (χ4v) is 5.33. The number of hydrogen-bond acceptors (Lipinski definition) is 4. The molecule has 3 aromatic carbocycles. The molecular formula is C28H27N3O2S. The molecule has 1 aliphatic rings. The standard InChI is InChI=1S/C28H27N3O2S/c32-26(30-16-7-2-8-17-30)23-13-9-12-22(18-23)20-34-28-29-25-15-6-5-14-24(25)27(33)31(28)19-21-10-3-1-4-11-21/h1,3-6,9-15,18H,2,7-8,16-17,19-20H2. The first-order valence-corrected chi connectivity index (χ1v) is 12.7. The lowest BCUT2D eigenvalue weighted by atomic mass is 10.1. The van der Waals surface area contributed by atoms with Gasteiger partial charge < -0.3 is 4.90 Å². The summed E-state index contributed by atoms with van der Waals surface area (Å²) in [6, 6.07) is 25.3. The molecule has 0 aliphatic carbocycles. The van der Waals surface area contributed by atoms with Crippen LogP contribution in [0.2, 0.25) is 0 Å². The van der Waals surface area contributed by atoms with E-state index in [0.29, 0.717) is 28.4 Å². The summed E-state index contributed by atoms with van der Waals surface area (Å²) in [5.74, 6) is 0.733. The van der Waals surface area contributed by atoms with Crippen LogP contribution in [0.25, 0.3) is 10.9 Å². The third-order valence-electron chi connectivity index (χ3n) is 6.20. The lowest BCUT2D eigenvalue weighted by Crippen LogP contribution is -2.35. The molecular weight excluding hydrogens is 442 g/mol. The summed E-state index contributed by atoms with van der Waals surface area (Å²) >= 11 is 1.53. The minimum atomic E-state index is -0.0361. The van der Waals surface area contributed by atoms with Gasteiger partial charge in [-0.25, -0.2) is 4.98 Å². The summed E-state index contributed by atoms with van der Waals surface area (Å²) in [5, 5.41) is 1.30. The molecule has 0 N–H and O–H groups in total. The van der Waals surface area contributed by atoms with Crippen LogP contribution in [0.5, 0.6) is 0 Å². The average molecular weight is 470 g/mol. The van der Waals surface area contributed by atoms with E-state index in [1.165, 1.54) is 18.2 Å². The molecule has 0 unspecified atom stereocenters. The van der Waals surface area contributed by atoms with Crippen LogP contribution in [0.1, 0.15) is 40.7 Å². The van der Waals surface area contributed by atoms with Crippen molar-refractivity contribution in [3.8, 4) is 0 Å². The van der Waals surface area contributed by atoms with Gasteiger partial charge in [0.15, 0.2) is 5.16 Å². The normalized spacial score (nSPS) is 13.8. The van der Waals surface area contributed by atoms with Gasteiger partial charge >= 0.3 is 0 Å². The summed E-state index contributed by atoms with van der Waals surface area (Å²) in [5.41, 5.74) is 3.49. The Hall–Kier alpha value is -3.38. The maximum absolute atomic E-state index is 13.3. The van der Waals surface area contributed by atoms with Gasteiger partial charge in [-0.05, 0) is 54.7 Å². The van der Waals surface area contributed by atoms with Gasteiger partial charge in [0.1, 0.15) is 0 Å². The highest BCUT2D eigenvalue weighted by molar-refractivity contribution is 7.98. The minimum Gasteiger partial charge on any atom is -0.339 e. The number of amides is 1. The molecule has 1 fully saturated rings. The van der Waals surface area contributed by atoms with Crippen LogP contribution in [0.4, 0.5) is 0 Å². The molecule has 2 heterocycles. The lowest BCUT2D eigenvalue weighted by molar-refractivity contribution is 0.0724. The SMILES string of the molecule is O=C(c1cccc(CSc2nc3ccccc3c(=O)n2Cc2ccccc2)c1)N1CCCCC1. The summed E-state index contributed by atoms with van der Waals surface area (Å²) in [7, 11) is 0. The van der Waals surface area contributed by atoms with E-state index in [1.807, 2.05) is 83.8 Å². The fraction of sp³-hybridized carbons (Fsp3) is 0.250. The minimum absolute atomic E-state index is 0.0361. The van der Waals surface area contributed by atoms with E-state index in [2.05, 4.69) is 0 Å². The van der Waals surface area contributed by atoms with Crippen LogP contribution in [0.15, 0.2) is 88.8 Å². The highest BCUT2D eigenvalue weighted by Gasteiger charge is 2.18. The Balaban J connectivity index is 1.42. The quantitative estimate of drug-likeness (QED) is 0.282. The van der Waals surface area contributed by atoms with Gasteiger partial charge in [-0.1, -0.05) is 66.4 Å². The molecule has 1 aliphatic heterocycles. The zero-order valence-electron chi connectivity index (χ0n) is 19.0. The van der Waals surface area contributed by atoms with Crippen LogP contribution in [-0.4, -0.2) is 33.4 Å². The number of fused-ring (bicyclic) bond motifs is 1. The molecule has 0 atom stereocenters. The Labute approximate surface area is 203 Å². The second-order valence-corrected chi connectivity index (χ2v) is 9.57. The average Bonchev–Trinajstić information content (AvgIpc) is 2.90. The first-order valence-electron chi connectivity index (χ1n) is 11.7. The number of hydrogen-bond donors (Lipinski definition) is 0. The van der Waals surface area contributed by atoms with E-state index in [4.69, 9.17) is 4.98 Å². The zero-order valence-corrected chi connectivity index (χ0v) is 19.8. The van der Waals surface area contributed by atoms with Crippen molar-refractivity contribution >= 4 is 28.6 Å². The molecule has 6 heteroatoms. The summed E-state index contributed by atoms with van der Waals surface area (Å²) in [4.78, 5) is 33.1. The second-order valence-electron chi connectivity index (χ2n) is 8.63. The number of piperidine rings is 1. The van der Waals surface area contributed by atoms with Gasteiger partial charge in [-0.3, -0.25) is 14.2 Å². The second kappa shape index (κ2) is 10.3. The van der Waals surface area contributed by atoms with Gasteiger partial charge in [0, 0.05) is 24.4 Å². The van der Waals surface area contributed by atoms with E-state index in [1.54, 1.807) is 4.57 Å². The number of thioether (sulfide) groups is 1. The third-order valence-corrected chi connectivity index (χ3v) is 7.24. The van der Waals surface area contributed by atoms with Gasteiger partial charge in [0.05, 0.1) is 17.4 Å². The number of likely N-dealkylation sites (tertiary alicyclic amines) is 1. The van der Waals surface area contributed by atoms with Crippen molar-refractivity contribution in [2.45, 2.75) is 36.7 Å². The zero-order chi connectivity index (χ0) is 23.3. The topological polar surface area (TPSA) is 55.2 Å². The van der Waals surface area contributed by atoms with Gasteiger partial charge in [0.25, 0.3) is 11.5 Å². The number of nitrogens with zero attached hydrogens (tertiary/aromatic N) is 3. The first-order chi connectivity index (χ1) is 16.7. The van der Waals surface area contributed by atoms with Crippen molar-refractivity contribution in [1.82, 2.24) is 14.5 Å². The van der Waals surface area contributed by atoms with Gasteiger partial charge in [0.2, 0.25) is 0 Å². The van der Waals surface area contributed by atoms with Gasteiger partial charge in [-0.15, -0.1) is 0 Å². The molecule has 0 spiro atoms. The smallest absolute Gasteiger partial charge is 0.262 e. The molecule has 172 valence electrons. The predicted octanol–water partition coefficient (Wildman–Crippen LogP) is 5.36. The summed E-state index contributed by atoms with van der Waals surface area (Å²) in [6.45, 7) is 2.14. The van der Waals surface area contributed by atoms with E-state index >= 15 is 0 Å². The molecule has 1 aromatic heterocycles. The van der Waals surface area contributed by atoms with E-state index in [9.17, 15) is 9.59 Å². The number of benzene rings is 3. The molecule has 0 bridgehead atoms. The Morgan fingerprint density at radius 3 is 2.41 bits per heavy atom. The number of para-hydroxylation sites is 1. The Morgan fingerprint density at radius 2 is 1.59 bits per heavy atom. The molecule has 34 heavy (non-hydrogen) atoms. The van der Waals surface area contributed by atoms with E-state index in [-0.39, 0.29) is 11.5 Å². The summed E-state index contributed by atoms with van der Waals surface area (Å²) in [6.07, 6.45) is 3.35. The van der Waals surface area contributed by atoms with Crippen molar-refractivity contribution in [2.24, 2.45) is 0 Å². The van der Waals surface area contributed by atoms with Gasteiger partial charge in [-0.2, -0.15) is 0 Å². The Kier molecular flexibility index (Phi) is 6.77. The van der Waals surface area contributed by atoms with Crippen LogP contribution in [0.3, 0.4) is 0 Å². The molecule has 5 nitrogen and oxygen atoms in total. The van der Waals surface area contributed by atoms with Crippen molar-refractivity contribution in [3.05, 3.63) is 106 Å². The fourth-order valence-electron chi connectivity index (χ4n) is 4.38. The van der Waals surface area contributed by atoms with Crippen LogP contribution in [0, 0.1) is 0 Å². The van der Waals surface area contributed by atoms with Crippen LogP contribution in [-0.2, 0) is 12.3 Å². The maximum Gasteiger partial charge on any atom is 0.262 e. The van der Waals surface area contributed by atoms with E-state index < -0.39 is 0 Å². The highest BCUT2D eigenvalue weighted by Crippen LogP contribution is 2.24. The number of aromatic nitrogens is 2. The molecule has 0 saturated carbocycles. The maximum atomic E-state index is 13.3. The predicted molar refractivity (Wildman–Crippen MR) is 137 cm³/mol. The molecule has 5 rings (SSSR count). The first kappa shape index (κ1) is 22.4. The Morgan fingerprint density at radius 1 is 0.853 bits per heavy atom. The van der Waals surface area contributed by atoms with Crippen molar-refractivity contribution < 1.29 is 4.79 Å². The van der Waals surface area contributed by atoms with Crippen molar-refractivity contribution in [1.29, 1.82) is 0 Å². The monoisotopic (exact) mass is 469 g/mol. The Bertz CT molecular complexity index is 1360. The van der Waals surface area contributed by atoms with Crippen molar-refractivity contribution in [2.75, 3.05) is 13.1 Å². The summed E-state index contributed by atoms with van der Waals surface area (Å²) < 4.78 is 1.76. The van der Waals surface area contributed by atoms with E-state index in [0.717, 1.165) is 42.6 Å². The van der Waals surface area contributed by atoms with Crippen LogP contribution < -0.4 is 5.56 Å². The number of rotatable bonds is 6. The molecule has 4 aromatic rings. The van der Waals surface area contributed by atoms with Crippen LogP contribution >= 0.6 is 11.8 Å². The third kappa shape index (κ3) is 4.92. The molecule has 0 radical (unpaired) electrons. The molecule has 1 amide bonds. The lowest BCUT2D eigenvalue weighted by Gasteiger charge is -2.26.